The molecule has 1 atom stereocenters. The van der Waals surface area contributed by atoms with Crippen molar-refractivity contribution in [2.45, 2.75) is 12.6 Å². The van der Waals surface area contributed by atoms with Gasteiger partial charge in [-0.25, -0.2) is 9.59 Å². The number of nitrogens with one attached hydrogen (secondary N) is 2. The molecule has 2 amide bonds. The number of hydrogen-bond donors (Lipinski definition) is 3. The minimum Gasteiger partial charge on any atom is -0.478 e. The van der Waals surface area contributed by atoms with Crippen LogP contribution < -0.4 is 10.6 Å². The predicted molar refractivity (Wildman–Crippen MR) is 82.1 cm³/mol. The average Bonchev–Trinajstić information content (AvgIpc) is 3.07. The molecule has 7 nitrogen and oxygen atoms in total. The zero-order chi connectivity index (χ0) is 16.7. The van der Waals surface area contributed by atoms with Crippen LogP contribution in [0.4, 0.5) is 4.79 Å². The van der Waals surface area contributed by atoms with Gasteiger partial charge in [-0.1, -0.05) is 12.1 Å². The van der Waals surface area contributed by atoms with Crippen molar-refractivity contribution in [3.8, 4) is 0 Å². The monoisotopic (exact) mass is 318 g/mol. The summed E-state index contributed by atoms with van der Waals surface area (Å²) in [6.45, 7) is 0.567. The summed E-state index contributed by atoms with van der Waals surface area (Å²) in [5.41, 5.74) is 1.00. The molecular formula is C16H18N2O5. The van der Waals surface area contributed by atoms with Crippen LogP contribution in [0.5, 0.6) is 0 Å². The fourth-order valence-electron chi connectivity index (χ4n) is 2.01. The van der Waals surface area contributed by atoms with Crippen LogP contribution in [0.25, 0.3) is 0 Å². The second-order valence-electron chi connectivity index (χ2n) is 4.85. The van der Waals surface area contributed by atoms with Gasteiger partial charge in [0, 0.05) is 13.7 Å². The number of carboxylic acids is 1. The minimum absolute atomic E-state index is 0.205. The summed E-state index contributed by atoms with van der Waals surface area (Å²) >= 11 is 0. The molecule has 1 aromatic carbocycles. The molecule has 0 aliphatic carbocycles. The Bertz CT molecular complexity index is 637. The van der Waals surface area contributed by atoms with E-state index >= 15 is 0 Å². The van der Waals surface area contributed by atoms with E-state index in [-0.39, 0.29) is 30.8 Å². The first kappa shape index (κ1) is 16.6. The van der Waals surface area contributed by atoms with E-state index in [1.807, 2.05) is 0 Å². The first-order chi connectivity index (χ1) is 11.1. The van der Waals surface area contributed by atoms with Gasteiger partial charge in [-0.2, -0.15) is 0 Å². The third-order valence-electron chi connectivity index (χ3n) is 3.18. The normalized spacial score (nSPS) is 11.7. The van der Waals surface area contributed by atoms with Crippen molar-refractivity contribution in [1.29, 1.82) is 0 Å². The molecule has 0 bridgehead atoms. The Morgan fingerprint density at radius 2 is 2.00 bits per heavy atom. The number of aromatic carboxylic acids is 1. The SMILES string of the molecule is COCC(NC(=O)NCc1ccc(C(=O)O)cc1)c1ccco1. The highest BCUT2D eigenvalue weighted by molar-refractivity contribution is 5.87. The van der Waals surface area contributed by atoms with E-state index in [0.717, 1.165) is 5.56 Å². The standard InChI is InChI=1S/C16H18N2O5/c1-22-10-13(14-3-2-8-23-14)18-16(21)17-9-11-4-6-12(7-5-11)15(19)20/h2-8,13H,9-10H2,1H3,(H,19,20)(H2,17,18,21). The van der Waals surface area contributed by atoms with E-state index in [9.17, 15) is 9.59 Å². The van der Waals surface area contributed by atoms with Gasteiger partial charge in [0.1, 0.15) is 11.8 Å². The highest BCUT2D eigenvalue weighted by Crippen LogP contribution is 2.13. The second-order valence-corrected chi connectivity index (χ2v) is 4.85. The number of ether oxygens (including phenoxy) is 1. The highest BCUT2D eigenvalue weighted by Gasteiger charge is 2.16. The van der Waals surface area contributed by atoms with Gasteiger partial charge >= 0.3 is 12.0 Å². The maximum atomic E-state index is 12.0. The molecule has 0 aliphatic heterocycles. The number of amides is 2. The summed E-state index contributed by atoms with van der Waals surface area (Å²) in [4.78, 5) is 22.7. The van der Waals surface area contributed by atoms with Crippen LogP contribution in [0.3, 0.4) is 0 Å². The van der Waals surface area contributed by atoms with Crippen molar-refractivity contribution < 1.29 is 23.8 Å². The Hall–Kier alpha value is -2.80. The number of methoxy groups -OCH3 is 1. The van der Waals surface area contributed by atoms with Gasteiger partial charge in [0.05, 0.1) is 18.4 Å². The lowest BCUT2D eigenvalue weighted by molar-refractivity contribution is 0.0697. The summed E-state index contributed by atoms with van der Waals surface area (Å²) in [6.07, 6.45) is 1.53. The Morgan fingerprint density at radius 1 is 1.26 bits per heavy atom. The summed E-state index contributed by atoms with van der Waals surface area (Å²) in [7, 11) is 1.54. The summed E-state index contributed by atoms with van der Waals surface area (Å²) in [6, 6.07) is 9.04. The zero-order valence-electron chi connectivity index (χ0n) is 12.6. The van der Waals surface area contributed by atoms with Crippen LogP contribution in [0.2, 0.25) is 0 Å². The van der Waals surface area contributed by atoms with Crippen LogP contribution in [0.15, 0.2) is 47.1 Å². The molecule has 7 heteroatoms. The van der Waals surface area contributed by atoms with E-state index in [2.05, 4.69) is 10.6 Å². The molecule has 1 unspecified atom stereocenters. The molecule has 122 valence electrons. The summed E-state index contributed by atoms with van der Waals surface area (Å²) in [5.74, 6) is -0.379. The number of urea groups is 1. The molecule has 23 heavy (non-hydrogen) atoms. The molecule has 0 saturated heterocycles. The molecule has 0 saturated carbocycles. The number of furan rings is 1. The highest BCUT2D eigenvalue weighted by atomic mass is 16.5. The van der Waals surface area contributed by atoms with Gasteiger partial charge in [-0.05, 0) is 29.8 Å². The Morgan fingerprint density at radius 3 is 2.57 bits per heavy atom. The molecule has 0 fully saturated rings. The van der Waals surface area contributed by atoms with Gasteiger partial charge in [0.15, 0.2) is 0 Å². The van der Waals surface area contributed by atoms with Crippen LogP contribution in [-0.2, 0) is 11.3 Å². The van der Waals surface area contributed by atoms with Gasteiger partial charge in [0.25, 0.3) is 0 Å². The molecule has 1 aromatic heterocycles. The molecule has 1 heterocycles. The summed E-state index contributed by atoms with van der Waals surface area (Å²) in [5, 5.41) is 14.3. The van der Waals surface area contributed by atoms with E-state index in [1.54, 1.807) is 31.4 Å². The number of carboxylic acid groups (broad SMARTS) is 1. The molecule has 0 radical (unpaired) electrons. The van der Waals surface area contributed by atoms with E-state index in [1.165, 1.54) is 18.4 Å². The third kappa shape index (κ3) is 4.86. The Labute approximate surface area is 133 Å². The lowest BCUT2D eigenvalue weighted by Crippen LogP contribution is -2.39. The lowest BCUT2D eigenvalue weighted by Gasteiger charge is -2.16. The van der Waals surface area contributed by atoms with Crippen LogP contribution in [0.1, 0.15) is 27.7 Å². The number of benzene rings is 1. The first-order valence-corrected chi connectivity index (χ1v) is 6.99. The van der Waals surface area contributed by atoms with Gasteiger partial charge in [-0.3, -0.25) is 0 Å². The van der Waals surface area contributed by atoms with E-state index in [0.29, 0.717) is 5.76 Å². The minimum atomic E-state index is -0.983. The van der Waals surface area contributed by atoms with Crippen molar-refractivity contribution in [1.82, 2.24) is 10.6 Å². The quantitative estimate of drug-likeness (QED) is 0.726. The maximum Gasteiger partial charge on any atom is 0.335 e. The van der Waals surface area contributed by atoms with E-state index in [4.69, 9.17) is 14.3 Å². The van der Waals surface area contributed by atoms with Gasteiger partial charge < -0.3 is 24.9 Å². The van der Waals surface area contributed by atoms with Gasteiger partial charge in [0.2, 0.25) is 0 Å². The number of rotatable bonds is 7. The molecule has 0 spiro atoms. The van der Waals surface area contributed by atoms with Crippen molar-refractivity contribution in [3.63, 3.8) is 0 Å². The topological polar surface area (TPSA) is 101 Å². The van der Waals surface area contributed by atoms with Crippen molar-refractivity contribution in [3.05, 3.63) is 59.5 Å². The van der Waals surface area contributed by atoms with E-state index < -0.39 is 5.97 Å². The Kier molecular flexibility index (Phi) is 5.76. The van der Waals surface area contributed by atoms with Crippen LogP contribution in [-0.4, -0.2) is 30.8 Å². The van der Waals surface area contributed by atoms with Crippen LogP contribution >= 0.6 is 0 Å². The second kappa shape index (κ2) is 8.00. The van der Waals surface area contributed by atoms with Crippen molar-refractivity contribution >= 4 is 12.0 Å². The zero-order valence-corrected chi connectivity index (χ0v) is 12.6. The van der Waals surface area contributed by atoms with Crippen molar-refractivity contribution in [2.24, 2.45) is 0 Å². The summed E-state index contributed by atoms with van der Waals surface area (Å²) < 4.78 is 10.3. The first-order valence-electron chi connectivity index (χ1n) is 6.99. The predicted octanol–water partition coefficient (Wildman–Crippen LogP) is 2.16. The van der Waals surface area contributed by atoms with Crippen LogP contribution in [0, 0.1) is 0 Å². The fraction of sp³-hybridized carbons (Fsp3) is 0.250. The average molecular weight is 318 g/mol. The Balaban J connectivity index is 1.87. The molecular weight excluding hydrogens is 300 g/mol. The molecule has 2 rings (SSSR count). The number of carbonyl (C=O) groups excluding carboxylic acids is 1. The lowest BCUT2D eigenvalue weighted by atomic mass is 10.1. The molecule has 0 aliphatic rings. The number of carbonyl (C=O) groups is 2. The fourth-order valence-corrected chi connectivity index (χ4v) is 2.01. The molecule has 3 N–H and O–H groups in total. The third-order valence-corrected chi connectivity index (χ3v) is 3.18. The van der Waals surface area contributed by atoms with Gasteiger partial charge in [-0.15, -0.1) is 0 Å². The maximum absolute atomic E-state index is 12.0. The number of hydrogen-bond acceptors (Lipinski definition) is 4. The van der Waals surface area contributed by atoms with Crippen molar-refractivity contribution in [2.75, 3.05) is 13.7 Å². The molecule has 2 aromatic rings. The largest absolute Gasteiger partial charge is 0.478 e. The smallest absolute Gasteiger partial charge is 0.335 e.